The molecule has 1 aromatic heterocycles. The molecular formula is C21H26ClN3O3S. The summed E-state index contributed by atoms with van der Waals surface area (Å²) in [5.74, 6) is -0.171. The Morgan fingerprint density at radius 2 is 2.14 bits per heavy atom. The Balaban J connectivity index is 0.00000240. The molecule has 4 rings (SSSR count). The fourth-order valence-electron chi connectivity index (χ4n) is 3.88. The van der Waals surface area contributed by atoms with Gasteiger partial charge in [0.25, 0.3) is 11.8 Å². The molecule has 3 heterocycles. The Kier molecular flexibility index (Phi) is 6.95. The second-order valence-electron chi connectivity index (χ2n) is 7.37. The summed E-state index contributed by atoms with van der Waals surface area (Å²) in [6, 6.07) is 7.56. The Hall–Kier alpha value is -1.93. The van der Waals surface area contributed by atoms with Crippen molar-refractivity contribution in [3.05, 3.63) is 51.2 Å². The van der Waals surface area contributed by atoms with E-state index in [1.807, 2.05) is 30.0 Å². The number of halogens is 1. The van der Waals surface area contributed by atoms with E-state index < -0.39 is 6.10 Å². The highest BCUT2D eigenvalue weighted by Crippen LogP contribution is 2.28. The van der Waals surface area contributed by atoms with Gasteiger partial charge in [-0.1, -0.05) is 6.07 Å². The van der Waals surface area contributed by atoms with Gasteiger partial charge in [0.05, 0.1) is 6.10 Å². The van der Waals surface area contributed by atoms with Crippen LogP contribution in [0, 0.1) is 6.92 Å². The van der Waals surface area contributed by atoms with Crippen molar-refractivity contribution in [2.24, 2.45) is 5.73 Å². The third-order valence-corrected chi connectivity index (χ3v) is 6.60. The highest BCUT2D eigenvalue weighted by molar-refractivity contribution is 7.10. The molecule has 2 aliphatic rings. The number of anilines is 1. The van der Waals surface area contributed by atoms with Crippen LogP contribution in [0.1, 0.15) is 39.2 Å². The number of nitrogens with one attached hydrogen (secondary N) is 1. The van der Waals surface area contributed by atoms with Crippen LogP contribution in [-0.4, -0.2) is 42.0 Å². The average Bonchev–Trinajstić information content (AvgIpc) is 3.37. The summed E-state index contributed by atoms with van der Waals surface area (Å²) < 4.78 is 5.67. The summed E-state index contributed by atoms with van der Waals surface area (Å²) in [6.45, 7) is 3.67. The zero-order valence-corrected chi connectivity index (χ0v) is 18.0. The van der Waals surface area contributed by atoms with Crippen LogP contribution in [0.2, 0.25) is 0 Å². The molecule has 1 saturated heterocycles. The zero-order valence-electron chi connectivity index (χ0n) is 16.3. The number of benzene rings is 1. The minimum absolute atomic E-state index is 0. The number of amides is 2. The Labute approximate surface area is 180 Å². The lowest BCUT2D eigenvalue weighted by molar-refractivity contribution is -0.126. The van der Waals surface area contributed by atoms with Gasteiger partial charge in [-0.2, -0.15) is 0 Å². The molecule has 2 atom stereocenters. The van der Waals surface area contributed by atoms with Crippen LogP contribution >= 0.6 is 23.7 Å². The fourth-order valence-corrected chi connectivity index (χ4v) is 4.77. The van der Waals surface area contributed by atoms with Crippen LogP contribution in [0.15, 0.2) is 29.6 Å². The van der Waals surface area contributed by atoms with Crippen molar-refractivity contribution >= 4 is 41.2 Å². The van der Waals surface area contributed by atoms with Crippen molar-refractivity contribution in [2.75, 3.05) is 18.4 Å². The highest BCUT2D eigenvalue weighted by Gasteiger charge is 2.30. The lowest BCUT2D eigenvalue weighted by Crippen LogP contribution is -2.36. The van der Waals surface area contributed by atoms with Crippen LogP contribution in [0.5, 0.6) is 0 Å². The topological polar surface area (TPSA) is 84.7 Å². The largest absolute Gasteiger partial charge is 0.364 e. The summed E-state index contributed by atoms with van der Waals surface area (Å²) >= 11 is 1.76. The molecule has 6 nitrogen and oxygen atoms in total. The number of ether oxygens (including phenoxy) is 1. The van der Waals surface area contributed by atoms with E-state index in [1.165, 1.54) is 10.4 Å². The first kappa shape index (κ1) is 21.8. The average molecular weight is 436 g/mol. The van der Waals surface area contributed by atoms with E-state index in [0.29, 0.717) is 30.8 Å². The Morgan fingerprint density at radius 3 is 2.90 bits per heavy atom. The van der Waals surface area contributed by atoms with Gasteiger partial charge in [-0.15, -0.1) is 23.7 Å². The summed E-state index contributed by atoms with van der Waals surface area (Å²) in [5.41, 5.74) is 8.92. The molecule has 1 fully saturated rings. The van der Waals surface area contributed by atoms with E-state index in [2.05, 4.69) is 16.8 Å². The molecule has 0 aliphatic carbocycles. The third-order valence-electron chi connectivity index (χ3n) is 5.58. The van der Waals surface area contributed by atoms with Crippen molar-refractivity contribution in [1.82, 2.24) is 4.90 Å². The Bertz CT molecular complexity index is 901. The van der Waals surface area contributed by atoms with Gasteiger partial charge < -0.3 is 20.7 Å². The van der Waals surface area contributed by atoms with Gasteiger partial charge in [0.15, 0.2) is 0 Å². The van der Waals surface area contributed by atoms with Gasteiger partial charge in [0.2, 0.25) is 0 Å². The minimum atomic E-state index is -0.480. The summed E-state index contributed by atoms with van der Waals surface area (Å²) in [6.07, 6.45) is 1.83. The lowest BCUT2D eigenvalue weighted by Gasteiger charge is -2.28. The third kappa shape index (κ3) is 4.48. The summed E-state index contributed by atoms with van der Waals surface area (Å²) in [5, 5.41) is 5.02. The quantitative estimate of drug-likeness (QED) is 0.772. The molecule has 8 heteroatoms. The van der Waals surface area contributed by atoms with Gasteiger partial charge in [0, 0.05) is 35.8 Å². The number of thiophene rings is 1. The van der Waals surface area contributed by atoms with Crippen LogP contribution in [0.3, 0.4) is 0 Å². The van der Waals surface area contributed by atoms with Gasteiger partial charge in [0.1, 0.15) is 6.10 Å². The van der Waals surface area contributed by atoms with Crippen LogP contribution < -0.4 is 11.1 Å². The predicted octanol–water partition coefficient (Wildman–Crippen LogP) is 3.12. The van der Waals surface area contributed by atoms with Gasteiger partial charge in [-0.3, -0.25) is 9.59 Å². The SMILES string of the molecule is Cc1c(NC(=O)[C@@H]2CC[C@H](CN)O2)cccc1C(=O)N1CCc2sccc2C1.Cl. The molecule has 0 spiro atoms. The Morgan fingerprint density at radius 1 is 1.31 bits per heavy atom. The molecule has 2 aliphatic heterocycles. The van der Waals surface area contributed by atoms with Crippen LogP contribution in [0.25, 0.3) is 0 Å². The first-order chi connectivity index (χ1) is 13.6. The standard InChI is InChI=1S/C21H25N3O3S.ClH/c1-13-16(21(26)24-9-7-19-14(12-24)8-10-28-19)3-2-4-17(13)23-20(25)18-6-5-15(11-22)27-18;/h2-4,8,10,15,18H,5-7,9,11-12,22H2,1H3,(H,23,25);1H/t15-,18+;/m1./s1. The molecule has 29 heavy (non-hydrogen) atoms. The number of hydrogen-bond donors (Lipinski definition) is 2. The molecule has 3 N–H and O–H groups in total. The van der Waals surface area contributed by atoms with E-state index >= 15 is 0 Å². The number of nitrogens with two attached hydrogens (primary N) is 1. The van der Waals surface area contributed by atoms with Crippen molar-refractivity contribution in [3.8, 4) is 0 Å². The van der Waals surface area contributed by atoms with Crippen LogP contribution in [-0.2, 0) is 22.5 Å². The van der Waals surface area contributed by atoms with Gasteiger partial charge in [-0.25, -0.2) is 0 Å². The zero-order chi connectivity index (χ0) is 19.7. The second-order valence-corrected chi connectivity index (χ2v) is 8.37. The van der Waals surface area contributed by atoms with Gasteiger partial charge in [-0.05, 0) is 60.9 Å². The second kappa shape index (κ2) is 9.26. The van der Waals surface area contributed by atoms with Crippen molar-refractivity contribution in [1.29, 1.82) is 0 Å². The molecule has 156 valence electrons. The molecule has 0 unspecified atom stereocenters. The van der Waals surface area contributed by atoms with E-state index in [0.717, 1.165) is 24.9 Å². The maximum absolute atomic E-state index is 13.1. The van der Waals surface area contributed by atoms with Crippen molar-refractivity contribution in [3.63, 3.8) is 0 Å². The summed E-state index contributed by atoms with van der Waals surface area (Å²) in [4.78, 5) is 28.9. The number of nitrogens with zero attached hydrogens (tertiary/aromatic N) is 1. The monoisotopic (exact) mass is 435 g/mol. The van der Waals surface area contributed by atoms with E-state index in [9.17, 15) is 9.59 Å². The number of hydrogen-bond acceptors (Lipinski definition) is 5. The van der Waals surface area contributed by atoms with E-state index in [4.69, 9.17) is 10.5 Å². The smallest absolute Gasteiger partial charge is 0.254 e. The van der Waals surface area contributed by atoms with Crippen molar-refractivity contribution < 1.29 is 14.3 Å². The maximum atomic E-state index is 13.1. The number of rotatable bonds is 4. The van der Waals surface area contributed by atoms with Crippen molar-refractivity contribution in [2.45, 2.75) is 44.9 Å². The predicted molar refractivity (Wildman–Crippen MR) is 117 cm³/mol. The van der Waals surface area contributed by atoms with Crippen LogP contribution in [0.4, 0.5) is 5.69 Å². The molecule has 0 saturated carbocycles. The summed E-state index contributed by atoms with van der Waals surface area (Å²) in [7, 11) is 0. The lowest BCUT2D eigenvalue weighted by atomic mass is 10.0. The number of fused-ring (bicyclic) bond motifs is 1. The maximum Gasteiger partial charge on any atom is 0.254 e. The molecule has 2 aromatic rings. The molecule has 0 radical (unpaired) electrons. The fraction of sp³-hybridized carbons (Fsp3) is 0.429. The van der Waals surface area contributed by atoms with E-state index in [1.54, 1.807) is 11.3 Å². The first-order valence-electron chi connectivity index (χ1n) is 9.67. The molecular weight excluding hydrogens is 410 g/mol. The van der Waals surface area contributed by atoms with Gasteiger partial charge >= 0.3 is 0 Å². The van der Waals surface area contributed by atoms with E-state index in [-0.39, 0.29) is 30.3 Å². The number of carbonyl (C=O) groups excluding carboxylic acids is 2. The molecule has 0 bridgehead atoms. The molecule has 2 amide bonds. The number of carbonyl (C=O) groups is 2. The first-order valence-corrected chi connectivity index (χ1v) is 10.5. The normalized spacial score (nSPS) is 20.7. The minimum Gasteiger partial charge on any atom is -0.364 e. The highest BCUT2D eigenvalue weighted by atomic mass is 35.5. The molecule has 1 aromatic carbocycles.